The van der Waals surface area contributed by atoms with Gasteiger partial charge in [0.05, 0.1) is 6.61 Å². The molecule has 0 bridgehead atoms. The third kappa shape index (κ3) is 3.55. The molecule has 2 aromatic rings. The minimum absolute atomic E-state index is 0.0302. The van der Waals surface area contributed by atoms with Crippen LogP contribution in [0.5, 0.6) is 5.75 Å². The van der Waals surface area contributed by atoms with Crippen molar-refractivity contribution >= 4 is 11.8 Å². The van der Waals surface area contributed by atoms with Gasteiger partial charge in [-0.3, -0.25) is 0 Å². The van der Waals surface area contributed by atoms with Crippen LogP contribution in [0.4, 0.5) is 0 Å². The van der Waals surface area contributed by atoms with E-state index in [4.69, 9.17) is 10.5 Å². The number of hydrogen-bond donors (Lipinski definition) is 1. The lowest BCUT2D eigenvalue weighted by Crippen LogP contribution is -2.06. The van der Waals surface area contributed by atoms with E-state index in [1.807, 2.05) is 50.0 Å². The molecule has 1 atom stereocenters. The summed E-state index contributed by atoms with van der Waals surface area (Å²) in [6.45, 7) is 4.65. The van der Waals surface area contributed by atoms with Crippen LogP contribution in [0.2, 0.25) is 0 Å². The molecule has 2 N–H and O–H groups in total. The van der Waals surface area contributed by atoms with Crippen LogP contribution < -0.4 is 10.5 Å². The normalized spacial score (nSPS) is 12.4. The number of nitrogens with two attached hydrogens (primary N) is 1. The molecule has 4 nitrogen and oxygen atoms in total. The zero-order chi connectivity index (χ0) is 14.5. The summed E-state index contributed by atoms with van der Waals surface area (Å²) in [6.07, 6.45) is 3.76. The number of imidazole rings is 1. The third-order valence-corrected chi connectivity index (χ3v) is 4.15. The van der Waals surface area contributed by atoms with Crippen LogP contribution >= 0.6 is 11.8 Å². The van der Waals surface area contributed by atoms with Crippen LogP contribution in [0, 0.1) is 0 Å². The molecule has 0 saturated heterocycles. The standard InChI is InChI=1S/C15H21N3OS/c1-4-19-14-6-5-12(11(2)16)9-13(14)10-20-15-17-7-8-18(15)3/h5-9,11H,4,10,16H2,1-3H3. The molecule has 108 valence electrons. The lowest BCUT2D eigenvalue weighted by atomic mass is 10.1. The Morgan fingerprint density at radius 3 is 2.85 bits per heavy atom. The van der Waals surface area contributed by atoms with Gasteiger partial charge in [0.1, 0.15) is 5.75 Å². The summed E-state index contributed by atoms with van der Waals surface area (Å²) >= 11 is 1.70. The number of aryl methyl sites for hydroxylation is 1. The van der Waals surface area contributed by atoms with Gasteiger partial charge < -0.3 is 15.0 Å². The summed E-state index contributed by atoms with van der Waals surface area (Å²) in [6, 6.07) is 6.20. The van der Waals surface area contributed by atoms with Crippen molar-refractivity contribution in [2.45, 2.75) is 30.8 Å². The second kappa shape index (κ2) is 6.81. The van der Waals surface area contributed by atoms with Gasteiger partial charge >= 0.3 is 0 Å². The summed E-state index contributed by atoms with van der Waals surface area (Å²) < 4.78 is 7.70. The number of thioether (sulfide) groups is 1. The number of hydrogen-bond acceptors (Lipinski definition) is 4. The summed E-state index contributed by atoms with van der Waals surface area (Å²) in [5, 5.41) is 0.999. The number of benzene rings is 1. The number of aromatic nitrogens is 2. The highest BCUT2D eigenvalue weighted by Gasteiger charge is 2.09. The number of nitrogens with zero attached hydrogens (tertiary/aromatic N) is 2. The average molecular weight is 291 g/mol. The molecule has 20 heavy (non-hydrogen) atoms. The Labute approximate surface area is 124 Å². The molecule has 1 heterocycles. The maximum Gasteiger partial charge on any atom is 0.167 e. The number of ether oxygens (including phenoxy) is 1. The molecule has 0 saturated carbocycles. The van der Waals surface area contributed by atoms with Gasteiger partial charge in [0.25, 0.3) is 0 Å². The van der Waals surface area contributed by atoms with E-state index in [0.717, 1.165) is 27.8 Å². The molecular formula is C15H21N3OS. The Morgan fingerprint density at radius 1 is 1.45 bits per heavy atom. The van der Waals surface area contributed by atoms with E-state index in [-0.39, 0.29) is 6.04 Å². The predicted octanol–water partition coefficient (Wildman–Crippen LogP) is 3.13. The zero-order valence-corrected chi connectivity index (χ0v) is 13.0. The summed E-state index contributed by atoms with van der Waals surface area (Å²) in [7, 11) is 2.00. The molecule has 0 aliphatic rings. The molecule has 0 fully saturated rings. The molecular weight excluding hydrogens is 270 g/mol. The molecule has 0 amide bonds. The first kappa shape index (κ1) is 14.9. The maximum absolute atomic E-state index is 5.96. The molecule has 0 aliphatic heterocycles. The van der Waals surface area contributed by atoms with Crippen LogP contribution in [-0.2, 0) is 12.8 Å². The third-order valence-electron chi connectivity index (χ3n) is 3.04. The van der Waals surface area contributed by atoms with E-state index in [9.17, 15) is 0 Å². The molecule has 5 heteroatoms. The van der Waals surface area contributed by atoms with Crippen LogP contribution in [-0.4, -0.2) is 16.2 Å². The maximum atomic E-state index is 5.96. The number of rotatable bonds is 6. The predicted molar refractivity (Wildman–Crippen MR) is 83.0 cm³/mol. The van der Waals surface area contributed by atoms with Gasteiger partial charge in [-0.1, -0.05) is 17.8 Å². The Hall–Kier alpha value is -1.46. The fourth-order valence-electron chi connectivity index (χ4n) is 1.93. The Bertz CT molecular complexity index is 566. The Morgan fingerprint density at radius 2 is 2.25 bits per heavy atom. The fraction of sp³-hybridized carbons (Fsp3) is 0.400. The van der Waals surface area contributed by atoms with Crippen molar-refractivity contribution in [1.82, 2.24) is 9.55 Å². The molecule has 1 unspecified atom stereocenters. The van der Waals surface area contributed by atoms with Crippen LogP contribution in [0.15, 0.2) is 35.7 Å². The molecule has 0 spiro atoms. The van der Waals surface area contributed by atoms with E-state index in [2.05, 4.69) is 11.1 Å². The monoisotopic (exact) mass is 291 g/mol. The van der Waals surface area contributed by atoms with Crippen molar-refractivity contribution in [2.24, 2.45) is 12.8 Å². The van der Waals surface area contributed by atoms with Gasteiger partial charge in [-0.15, -0.1) is 0 Å². The Kier molecular flexibility index (Phi) is 5.09. The van der Waals surface area contributed by atoms with Crippen LogP contribution in [0.25, 0.3) is 0 Å². The smallest absolute Gasteiger partial charge is 0.167 e. The highest BCUT2D eigenvalue weighted by atomic mass is 32.2. The van der Waals surface area contributed by atoms with E-state index in [1.165, 1.54) is 0 Å². The minimum Gasteiger partial charge on any atom is -0.494 e. The molecule has 0 radical (unpaired) electrons. The van der Waals surface area contributed by atoms with Crippen LogP contribution in [0.1, 0.15) is 31.0 Å². The molecule has 1 aromatic carbocycles. The second-order valence-electron chi connectivity index (χ2n) is 4.70. The van der Waals surface area contributed by atoms with E-state index >= 15 is 0 Å². The van der Waals surface area contributed by atoms with Crippen LogP contribution in [0.3, 0.4) is 0 Å². The van der Waals surface area contributed by atoms with Crippen molar-refractivity contribution < 1.29 is 4.74 Å². The van der Waals surface area contributed by atoms with Crippen molar-refractivity contribution in [2.75, 3.05) is 6.61 Å². The highest BCUT2D eigenvalue weighted by molar-refractivity contribution is 7.98. The zero-order valence-electron chi connectivity index (χ0n) is 12.2. The quantitative estimate of drug-likeness (QED) is 0.831. The van der Waals surface area contributed by atoms with Gasteiger partial charge in [-0.25, -0.2) is 4.98 Å². The topological polar surface area (TPSA) is 53.1 Å². The largest absolute Gasteiger partial charge is 0.494 e. The van der Waals surface area contributed by atoms with E-state index < -0.39 is 0 Å². The second-order valence-corrected chi connectivity index (χ2v) is 5.64. The van der Waals surface area contributed by atoms with Crippen molar-refractivity contribution in [3.8, 4) is 5.75 Å². The molecule has 2 rings (SSSR count). The SMILES string of the molecule is CCOc1ccc(C(C)N)cc1CSc1nccn1C. The fourth-order valence-corrected chi connectivity index (χ4v) is 2.84. The van der Waals surface area contributed by atoms with Crippen molar-refractivity contribution in [3.05, 3.63) is 41.7 Å². The van der Waals surface area contributed by atoms with E-state index in [0.29, 0.717) is 6.61 Å². The first-order chi connectivity index (χ1) is 9.61. The average Bonchev–Trinajstić information content (AvgIpc) is 2.83. The lowest BCUT2D eigenvalue weighted by molar-refractivity contribution is 0.337. The van der Waals surface area contributed by atoms with E-state index in [1.54, 1.807) is 11.8 Å². The highest BCUT2D eigenvalue weighted by Crippen LogP contribution is 2.29. The van der Waals surface area contributed by atoms with Crippen molar-refractivity contribution in [3.63, 3.8) is 0 Å². The minimum atomic E-state index is 0.0302. The van der Waals surface area contributed by atoms with Gasteiger partial charge in [-0.05, 0) is 31.5 Å². The molecule has 1 aromatic heterocycles. The first-order valence-electron chi connectivity index (χ1n) is 6.73. The lowest BCUT2D eigenvalue weighted by Gasteiger charge is -2.13. The van der Waals surface area contributed by atoms with Gasteiger partial charge in [0, 0.05) is 36.8 Å². The van der Waals surface area contributed by atoms with Crippen molar-refractivity contribution in [1.29, 1.82) is 0 Å². The van der Waals surface area contributed by atoms with Gasteiger partial charge in [-0.2, -0.15) is 0 Å². The summed E-state index contributed by atoms with van der Waals surface area (Å²) in [4.78, 5) is 4.32. The first-order valence-corrected chi connectivity index (χ1v) is 7.71. The summed E-state index contributed by atoms with van der Waals surface area (Å²) in [5.74, 6) is 1.75. The summed E-state index contributed by atoms with van der Waals surface area (Å²) in [5.41, 5.74) is 8.25. The molecule has 0 aliphatic carbocycles. The Balaban J connectivity index is 2.18. The van der Waals surface area contributed by atoms with Gasteiger partial charge in [0.2, 0.25) is 0 Å². The van der Waals surface area contributed by atoms with Gasteiger partial charge in [0.15, 0.2) is 5.16 Å².